The third-order valence-electron chi connectivity index (χ3n) is 2.35. The molecular formula is C16H19BrO2S. The van der Waals surface area contributed by atoms with Gasteiger partial charge in [0, 0.05) is 11.8 Å². The molecule has 2 rings (SSSR count). The molecule has 0 aliphatic carbocycles. The minimum absolute atomic E-state index is 0.197. The third kappa shape index (κ3) is 5.10. The molecule has 2 nitrogen and oxygen atoms in total. The van der Waals surface area contributed by atoms with Crippen LogP contribution in [-0.4, -0.2) is 11.4 Å². The molecule has 0 heterocycles. The van der Waals surface area contributed by atoms with Crippen molar-refractivity contribution in [3.05, 3.63) is 52.5 Å². The van der Waals surface area contributed by atoms with Crippen molar-refractivity contribution in [2.45, 2.75) is 19.6 Å². The first-order chi connectivity index (χ1) is 9.69. The normalized spacial score (nSPS) is 9.60. The number of phenols is 1. The number of hydrogen-bond acceptors (Lipinski definition) is 3. The summed E-state index contributed by atoms with van der Waals surface area (Å²) in [5.41, 5.74) is 1.25. The van der Waals surface area contributed by atoms with Gasteiger partial charge in [0.15, 0.2) is 0 Å². The minimum Gasteiger partial charge on any atom is -0.508 e. The predicted octanol–water partition coefficient (Wildman–Crippen LogP) is 5.84. The molecule has 0 aliphatic rings. The van der Waals surface area contributed by atoms with Crippen LogP contribution in [0.5, 0.6) is 17.2 Å². The van der Waals surface area contributed by atoms with E-state index in [-0.39, 0.29) is 5.75 Å². The average Bonchev–Trinajstić information content (AvgIpc) is 2.45. The fraction of sp³-hybridized carbons (Fsp3) is 0.250. The zero-order chi connectivity index (χ0) is 15.0. The van der Waals surface area contributed by atoms with Crippen LogP contribution in [0.2, 0.25) is 0 Å². The van der Waals surface area contributed by atoms with Gasteiger partial charge in [-0.25, -0.2) is 0 Å². The fourth-order valence-corrected chi connectivity index (χ4v) is 2.58. The van der Waals surface area contributed by atoms with E-state index in [0.29, 0.717) is 5.75 Å². The maximum Gasteiger partial charge on any atom is 0.141 e. The lowest BCUT2D eigenvalue weighted by atomic mass is 10.2. The highest BCUT2D eigenvalue weighted by atomic mass is 79.9. The van der Waals surface area contributed by atoms with E-state index in [1.807, 2.05) is 32.0 Å². The lowest BCUT2D eigenvalue weighted by molar-refractivity contribution is 0.454. The van der Waals surface area contributed by atoms with Gasteiger partial charge in [-0.2, -0.15) is 11.8 Å². The zero-order valence-electron chi connectivity index (χ0n) is 11.9. The van der Waals surface area contributed by atoms with E-state index in [2.05, 4.69) is 28.3 Å². The summed E-state index contributed by atoms with van der Waals surface area (Å²) in [6.45, 7) is 4.00. The Morgan fingerprint density at radius 2 is 1.90 bits per heavy atom. The van der Waals surface area contributed by atoms with Crippen molar-refractivity contribution in [3.63, 3.8) is 0 Å². The number of halogens is 1. The molecule has 0 amide bonds. The Morgan fingerprint density at radius 1 is 1.15 bits per heavy atom. The zero-order valence-corrected chi connectivity index (χ0v) is 14.3. The number of aromatic hydroxyl groups is 1. The van der Waals surface area contributed by atoms with Crippen molar-refractivity contribution >= 4 is 27.7 Å². The first-order valence-corrected chi connectivity index (χ1v) is 8.62. The predicted molar refractivity (Wildman–Crippen MR) is 90.9 cm³/mol. The van der Waals surface area contributed by atoms with Crippen molar-refractivity contribution in [2.75, 3.05) is 6.26 Å². The Bertz CT molecular complexity index is 544. The van der Waals surface area contributed by atoms with E-state index >= 15 is 0 Å². The molecule has 4 heteroatoms. The molecular weight excluding hydrogens is 336 g/mol. The summed E-state index contributed by atoms with van der Waals surface area (Å²) < 4.78 is 6.62. The molecule has 0 atom stereocenters. The van der Waals surface area contributed by atoms with Crippen LogP contribution in [0.3, 0.4) is 0 Å². The lowest BCUT2D eigenvalue weighted by Gasteiger charge is -2.09. The molecule has 0 fully saturated rings. The van der Waals surface area contributed by atoms with Crippen LogP contribution >= 0.6 is 27.7 Å². The number of hydrogen-bond donors (Lipinski definition) is 1. The Kier molecular flexibility index (Phi) is 7.55. The quantitative estimate of drug-likeness (QED) is 0.747. The van der Waals surface area contributed by atoms with E-state index in [0.717, 1.165) is 16.0 Å². The molecule has 2 aromatic rings. The van der Waals surface area contributed by atoms with Crippen LogP contribution in [0.1, 0.15) is 19.4 Å². The van der Waals surface area contributed by atoms with Crippen LogP contribution in [0.15, 0.2) is 46.9 Å². The van der Waals surface area contributed by atoms with Crippen LogP contribution in [0.4, 0.5) is 0 Å². The Morgan fingerprint density at radius 3 is 2.50 bits per heavy atom. The molecule has 0 saturated heterocycles. The molecule has 0 aliphatic heterocycles. The van der Waals surface area contributed by atoms with Crippen molar-refractivity contribution in [2.24, 2.45) is 0 Å². The Balaban J connectivity index is 0.000000956. The van der Waals surface area contributed by atoms with Gasteiger partial charge >= 0.3 is 0 Å². The number of benzene rings is 2. The topological polar surface area (TPSA) is 29.5 Å². The second-order valence-electron chi connectivity index (χ2n) is 3.80. The first-order valence-electron chi connectivity index (χ1n) is 6.43. The van der Waals surface area contributed by atoms with Gasteiger partial charge in [-0.05, 0) is 52.0 Å². The first kappa shape index (κ1) is 16.9. The maximum absolute atomic E-state index is 9.38. The van der Waals surface area contributed by atoms with Gasteiger partial charge in [0.2, 0.25) is 0 Å². The maximum atomic E-state index is 9.38. The highest BCUT2D eigenvalue weighted by molar-refractivity contribution is 9.10. The average molecular weight is 355 g/mol. The van der Waals surface area contributed by atoms with Crippen molar-refractivity contribution < 1.29 is 9.84 Å². The van der Waals surface area contributed by atoms with Crippen molar-refractivity contribution in [1.82, 2.24) is 0 Å². The monoisotopic (exact) mass is 354 g/mol. The molecule has 0 unspecified atom stereocenters. The highest BCUT2D eigenvalue weighted by Gasteiger charge is 2.04. The van der Waals surface area contributed by atoms with Gasteiger partial charge in [0.1, 0.15) is 17.2 Å². The third-order valence-corrected chi connectivity index (χ3v) is 3.59. The van der Waals surface area contributed by atoms with E-state index < -0.39 is 0 Å². The van der Waals surface area contributed by atoms with E-state index in [9.17, 15) is 5.11 Å². The van der Waals surface area contributed by atoms with E-state index in [4.69, 9.17) is 4.74 Å². The van der Waals surface area contributed by atoms with Gasteiger partial charge in [-0.3, -0.25) is 0 Å². The molecule has 108 valence electrons. The van der Waals surface area contributed by atoms with Crippen LogP contribution in [-0.2, 0) is 5.75 Å². The van der Waals surface area contributed by atoms with Crippen LogP contribution < -0.4 is 4.74 Å². The smallest absolute Gasteiger partial charge is 0.141 e. The summed E-state index contributed by atoms with van der Waals surface area (Å²) in [4.78, 5) is 0. The SMILES string of the molecule is CC.CSCc1ccc(Oc2cccc(O)c2)c(Br)c1. The van der Waals surface area contributed by atoms with Crippen molar-refractivity contribution in [1.29, 1.82) is 0 Å². The summed E-state index contributed by atoms with van der Waals surface area (Å²) in [6, 6.07) is 12.8. The lowest BCUT2D eigenvalue weighted by Crippen LogP contribution is -1.87. The van der Waals surface area contributed by atoms with Crippen LogP contribution in [0, 0.1) is 0 Å². The molecule has 0 saturated carbocycles. The Labute approximate surface area is 133 Å². The molecule has 2 aromatic carbocycles. The highest BCUT2D eigenvalue weighted by Crippen LogP contribution is 2.32. The second-order valence-corrected chi connectivity index (χ2v) is 5.52. The van der Waals surface area contributed by atoms with Gasteiger partial charge in [-0.15, -0.1) is 0 Å². The fourth-order valence-electron chi connectivity index (χ4n) is 1.56. The van der Waals surface area contributed by atoms with Gasteiger partial charge in [0.25, 0.3) is 0 Å². The molecule has 20 heavy (non-hydrogen) atoms. The summed E-state index contributed by atoms with van der Waals surface area (Å²) in [7, 11) is 0. The molecule has 0 bridgehead atoms. The summed E-state index contributed by atoms with van der Waals surface area (Å²) in [5, 5.41) is 9.38. The molecule has 0 aromatic heterocycles. The molecule has 0 radical (unpaired) electrons. The second kappa shape index (κ2) is 8.93. The standard InChI is InChI=1S/C14H13BrO2S.C2H6/c1-18-9-10-5-6-14(13(15)7-10)17-12-4-2-3-11(16)8-12;1-2/h2-8,16H,9H2,1H3;1-2H3. The van der Waals surface area contributed by atoms with Gasteiger partial charge in [0.05, 0.1) is 4.47 Å². The van der Waals surface area contributed by atoms with Crippen LogP contribution in [0.25, 0.3) is 0 Å². The largest absolute Gasteiger partial charge is 0.508 e. The number of ether oxygens (including phenoxy) is 1. The number of rotatable bonds is 4. The number of thioether (sulfide) groups is 1. The molecule has 1 N–H and O–H groups in total. The van der Waals surface area contributed by atoms with E-state index in [1.165, 1.54) is 5.56 Å². The summed E-state index contributed by atoms with van der Waals surface area (Å²) in [5.74, 6) is 2.53. The summed E-state index contributed by atoms with van der Waals surface area (Å²) in [6.07, 6.45) is 2.07. The van der Waals surface area contributed by atoms with E-state index in [1.54, 1.807) is 30.0 Å². The minimum atomic E-state index is 0.197. The Hall–Kier alpha value is -1.13. The van der Waals surface area contributed by atoms with Crippen molar-refractivity contribution in [3.8, 4) is 17.2 Å². The summed E-state index contributed by atoms with van der Waals surface area (Å²) >= 11 is 5.28. The number of phenolic OH excluding ortho intramolecular Hbond substituents is 1. The van der Waals surface area contributed by atoms with Gasteiger partial charge in [-0.1, -0.05) is 26.0 Å². The van der Waals surface area contributed by atoms with Gasteiger partial charge < -0.3 is 9.84 Å². The molecule has 0 spiro atoms.